The van der Waals surface area contributed by atoms with Crippen LogP contribution >= 0.6 is 0 Å². The Morgan fingerprint density at radius 1 is 1.06 bits per heavy atom. The van der Waals surface area contributed by atoms with E-state index in [0.29, 0.717) is 37.6 Å². The van der Waals surface area contributed by atoms with Crippen molar-refractivity contribution < 1.29 is 18.0 Å². The molecule has 2 aromatic rings. The fraction of sp³-hybridized carbons (Fsp3) is 0.318. The summed E-state index contributed by atoms with van der Waals surface area (Å²) >= 11 is 0. The number of amidine groups is 1. The van der Waals surface area contributed by atoms with Gasteiger partial charge in [-0.25, -0.2) is 13.4 Å². The normalized spacial score (nSPS) is 17.9. The summed E-state index contributed by atoms with van der Waals surface area (Å²) < 4.78 is 27.5. The zero-order valence-corrected chi connectivity index (χ0v) is 19.3. The number of anilines is 2. The number of carbonyl (C=O) groups excluding carboxylic acids is 2. The Labute approximate surface area is 192 Å². The van der Waals surface area contributed by atoms with Gasteiger partial charge in [-0.3, -0.25) is 20.0 Å². The molecule has 2 amide bonds. The maximum Gasteiger partial charge on any atom is 0.292 e. The van der Waals surface area contributed by atoms with Crippen molar-refractivity contribution in [1.29, 1.82) is 0 Å². The average molecular weight is 471 g/mol. The molecule has 0 aliphatic carbocycles. The molecule has 0 unspecified atom stereocenters. The van der Waals surface area contributed by atoms with Gasteiger partial charge in [-0.2, -0.15) is 4.31 Å². The minimum absolute atomic E-state index is 0.0393. The van der Waals surface area contributed by atoms with Crippen LogP contribution in [-0.4, -0.2) is 75.0 Å². The Bertz CT molecular complexity index is 1190. The molecule has 1 fully saturated rings. The van der Waals surface area contributed by atoms with E-state index in [0.717, 1.165) is 5.56 Å². The number of hydrogen-bond acceptors (Lipinski definition) is 7. The van der Waals surface area contributed by atoms with Crippen molar-refractivity contribution in [2.75, 3.05) is 50.1 Å². The standard InChI is InChI=1S/C22H26N6O4S/c1-16-6-8-18(9-7-16)28-20(29)15-23-21(25-28)22(30)24-17-4-3-5-19(14-17)33(31,32)27-12-10-26(2)11-13-27/h3-9,14H,10-13,15H2,1-2H3,(H,23,25)(H,24,30). The summed E-state index contributed by atoms with van der Waals surface area (Å²) in [6.07, 6.45) is 0. The first-order valence-corrected chi connectivity index (χ1v) is 12.0. The van der Waals surface area contributed by atoms with Gasteiger partial charge < -0.3 is 10.2 Å². The fourth-order valence-corrected chi connectivity index (χ4v) is 5.02. The van der Waals surface area contributed by atoms with Crippen molar-refractivity contribution >= 4 is 39.0 Å². The van der Waals surface area contributed by atoms with Crippen LogP contribution in [0.15, 0.2) is 58.4 Å². The zero-order valence-electron chi connectivity index (χ0n) is 18.5. The van der Waals surface area contributed by atoms with Crippen molar-refractivity contribution in [3.05, 3.63) is 54.1 Å². The van der Waals surface area contributed by atoms with Crippen LogP contribution in [0.4, 0.5) is 11.4 Å². The van der Waals surface area contributed by atoms with Crippen LogP contribution in [0.3, 0.4) is 0 Å². The highest BCUT2D eigenvalue weighted by Gasteiger charge is 2.29. The molecule has 4 rings (SSSR count). The van der Waals surface area contributed by atoms with Gasteiger partial charge in [-0.05, 0) is 44.3 Å². The van der Waals surface area contributed by atoms with Gasteiger partial charge in [0.15, 0.2) is 0 Å². The SMILES string of the molecule is Cc1ccc(N2NC(C(=O)Nc3cccc(S(=O)(=O)N4CCN(C)CC4)c3)=NCC2=O)cc1. The number of rotatable bonds is 5. The van der Waals surface area contributed by atoms with Crippen molar-refractivity contribution in [3.63, 3.8) is 0 Å². The Morgan fingerprint density at radius 3 is 2.45 bits per heavy atom. The quantitative estimate of drug-likeness (QED) is 0.669. The summed E-state index contributed by atoms with van der Waals surface area (Å²) in [7, 11) is -1.71. The fourth-order valence-electron chi connectivity index (χ4n) is 3.55. The molecule has 2 aliphatic heterocycles. The molecule has 0 spiro atoms. The van der Waals surface area contributed by atoms with Crippen LogP contribution in [0, 0.1) is 6.92 Å². The molecule has 33 heavy (non-hydrogen) atoms. The number of carbonyl (C=O) groups is 2. The number of aryl methyl sites for hydroxylation is 1. The number of aliphatic imine (C=N–C) groups is 1. The van der Waals surface area contributed by atoms with Crippen molar-refractivity contribution in [2.24, 2.45) is 4.99 Å². The van der Waals surface area contributed by atoms with E-state index < -0.39 is 15.9 Å². The maximum atomic E-state index is 13.0. The molecule has 2 aromatic carbocycles. The minimum Gasteiger partial charge on any atom is -0.319 e. The lowest BCUT2D eigenvalue weighted by Gasteiger charge is -2.31. The number of hydrogen-bond donors (Lipinski definition) is 2. The summed E-state index contributed by atoms with van der Waals surface area (Å²) in [6.45, 7) is 3.92. The van der Waals surface area contributed by atoms with E-state index in [1.54, 1.807) is 24.3 Å². The monoisotopic (exact) mass is 470 g/mol. The summed E-state index contributed by atoms with van der Waals surface area (Å²) in [5.74, 6) is -0.910. The third-order valence-corrected chi connectivity index (χ3v) is 7.43. The summed E-state index contributed by atoms with van der Waals surface area (Å²) in [4.78, 5) is 31.3. The van der Waals surface area contributed by atoms with Gasteiger partial charge in [0.1, 0.15) is 6.54 Å². The molecule has 174 valence electrons. The van der Waals surface area contributed by atoms with Gasteiger partial charge in [0.25, 0.3) is 11.8 Å². The highest BCUT2D eigenvalue weighted by atomic mass is 32.2. The third-order valence-electron chi connectivity index (χ3n) is 5.54. The van der Waals surface area contributed by atoms with Crippen molar-refractivity contribution in [1.82, 2.24) is 14.6 Å². The molecule has 0 bridgehead atoms. The predicted molar refractivity (Wildman–Crippen MR) is 125 cm³/mol. The maximum absolute atomic E-state index is 13.0. The first kappa shape index (κ1) is 22.9. The first-order chi connectivity index (χ1) is 15.7. The van der Waals surface area contributed by atoms with E-state index in [1.807, 2.05) is 26.1 Å². The topological polar surface area (TPSA) is 114 Å². The van der Waals surface area contributed by atoms with Crippen molar-refractivity contribution in [3.8, 4) is 0 Å². The molecule has 2 heterocycles. The molecule has 0 saturated carbocycles. The Morgan fingerprint density at radius 2 is 1.76 bits per heavy atom. The van der Waals surface area contributed by atoms with Crippen LogP contribution in [0.5, 0.6) is 0 Å². The number of nitrogens with one attached hydrogen (secondary N) is 2. The van der Waals surface area contributed by atoms with E-state index in [-0.39, 0.29) is 23.2 Å². The van der Waals surface area contributed by atoms with Gasteiger partial charge in [0, 0.05) is 31.9 Å². The van der Waals surface area contributed by atoms with Crippen LogP contribution in [0.1, 0.15) is 5.56 Å². The number of hydrazine groups is 1. The van der Waals surface area contributed by atoms with Gasteiger partial charge >= 0.3 is 0 Å². The molecule has 2 N–H and O–H groups in total. The summed E-state index contributed by atoms with van der Waals surface area (Å²) in [5, 5.41) is 3.94. The van der Waals surface area contributed by atoms with E-state index in [4.69, 9.17) is 0 Å². The van der Waals surface area contributed by atoms with Crippen molar-refractivity contribution in [2.45, 2.75) is 11.8 Å². The van der Waals surface area contributed by atoms with Crippen LogP contribution in [0.2, 0.25) is 0 Å². The highest BCUT2D eigenvalue weighted by molar-refractivity contribution is 7.89. The average Bonchev–Trinajstić information content (AvgIpc) is 2.80. The largest absolute Gasteiger partial charge is 0.319 e. The van der Waals surface area contributed by atoms with Gasteiger partial charge in [0.05, 0.1) is 10.6 Å². The molecule has 2 aliphatic rings. The smallest absolute Gasteiger partial charge is 0.292 e. The molecule has 0 atom stereocenters. The van der Waals surface area contributed by atoms with E-state index in [2.05, 4.69) is 20.6 Å². The Balaban J connectivity index is 1.47. The number of likely N-dealkylation sites (N-methyl/N-ethyl adjacent to an activating group) is 1. The van der Waals surface area contributed by atoms with Gasteiger partial charge in [-0.1, -0.05) is 23.8 Å². The lowest BCUT2D eigenvalue weighted by molar-refractivity contribution is -0.118. The lowest BCUT2D eigenvalue weighted by atomic mass is 10.2. The van der Waals surface area contributed by atoms with Crippen LogP contribution < -0.4 is 15.8 Å². The van der Waals surface area contributed by atoms with E-state index in [1.165, 1.54) is 21.4 Å². The minimum atomic E-state index is -3.67. The molecule has 0 aromatic heterocycles. The zero-order chi connectivity index (χ0) is 23.6. The first-order valence-electron chi connectivity index (χ1n) is 10.5. The molecule has 11 heteroatoms. The highest BCUT2D eigenvalue weighted by Crippen LogP contribution is 2.21. The summed E-state index contributed by atoms with van der Waals surface area (Å²) in [5.41, 5.74) is 4.70. The molecule has 0 radical (unpaired) electrons. The second kappa shape index (κ2) is 9.30. The third kappa shape index (κ3) is 5.05. The molecular formula is C22H26N6O4S. The number of amides is 2. The molecule has 1 saturated heterocycles. The molecular weight excluding hydrogens is 444 g/mol. The second-order valence-corrected chi connectivity index (χ2v) is 9.97. The number of sulfonamides is 1. The summed E-state index contributed by atoms with van der Waals surface area (Å²) in [6, 6.07) is 13.4. The van der Waals surface area contributed by atoms with Crippen LogP contribution in [0.25, 0.3) is 0 Å². The predicted octanol–water partition coefficient (Wildman–Crippen LogP) is 0.820. The molecule has 10 nitrogen and oxygen atoms in total. The number of piperazine rings is 1. The van der Waals surface area contributed by atoms with Gasteiger partial charge in [0.2, 0.25) is 15.9 Å². The van der Waals surface area contributed by atoms with Gasteiger partial charge in [-0.15, -0.1) is 0 Å². The lowest BCUT2D eigenvalue weighted by Crippen LogP contribution is -2.54. The van der Waals surface area contributed by atoms with E-state index >= 15 is 0 Å². The van der Waals surface area contributed by atoms with Crippen LogP contribution in [-0.2, 0) is 19.6 Å². The number of benzene rings is 2. The second-order valence-electron chi connectivity index (χ2n) is 8.03. The Kier molecular flexibility index (Phi) is 6.45. The Hall–Kier alpha value is -3.28. The number of nitrogens with zero attached hydrogens (tertiary/aromatic N) is 4. The van der Waals surface area contributed by atoms with E-state index in [9.17, 15) is 18.0 Å².